The lowest BCUT2D eigenvalue weighted by Crippen LogP contribution is -1.76. The van der Waals surface area contributed by atoms with Crippen LogP contribution < -0.4 is 0 Å². The minimum absolute atomic E-state index is 0.977. The summed E-state index contributed by atoms with van der Waals surface area (Å²) in [4.78, 5) is 0. The molecule has 0 saturated carbocycles. The van der Waals surface area contributed by atoms with Gasteiger partial charge in [-0.15, -0.1) is 0 Å². The first kappa shape index (κ1) is 7.42. The van der Waals surface area contributed by atoms with Crippen LogP contribution in [0.4, 0.5) is 0 Å². The first-order valence-electron chi connectivity index (χ1n) is 3.26. The molecule has 1 rings (SSSR count). The highest BCUT2D eigenvalue weighted by molar-refractivity contribution is 7.83. The molecule has 0 spiro atoms. The Bertz CT molecular complexity index is 201. The molecule has 52 valence electrons. The van der Waals surface area contributed by atoms with Crippen LogP contribution >= 0.6 is 12.6 Å². The van der Waals surface area contributed by atoms with E-state index in [0.29, 0.717) is 0 Å². The summed E-state index contributed by atoms with van der Waals surface area (Å²) in [5, 5.41) is 1.77. The van der Waals surface area contributed by atoms with Crippen LogP contribution in [-0.2, 0) is 6.42 Å². The molecule has 0 aliphatic carbocycles. The SMILES string of the molecule is S/C=C/Cc1ccccc1. The fourth-order valence-corrected chi connectivity index (χ4v) is 0.908. The summed E-state index contributed by atoms with van der Waals surface area (Å²) in [7, 11) is 0. The minimum atomic E-state index is 0.977. The molecule has 0 nitrogen and oxygen atoms in total. The lowest BCUT2D eigenvalue weighted by molar-refractivity contribution is 1.28. The number of rotatable bonds is 2. The number of hydrogen-bond donors (Lipinski definition) is 1. The van der Waals surface area contributed by atoms with E-state index in [2.05, 4.69) is 24.8 Å². The molecule has 0 fully saturated rings. The minimum Gasteiger partial charge on any atom is -0.152 e. The van der Waals surface area contributed by atoms with Crippen molar-refractivity contribution in [2.75, 3.05) is 0 Å². The molecule has 1 aromatic rings. The van der Waals surface area contributed by atoms with Gasteiger partial charge in [-0.3, -0.25) is 0 Å². The summed E-state index contributed by atoms with van der Waals surface area (Å²) >= 11 is 3.97. The normalized spacial score (nSPS) is 10.5. The molecule has 0 saturated heterocycles. The largest absolute Gasteiger partial charge is 0.152 e. The highest BCUT2D eigenvalue weighted by Gasteiger charge is 1.83. The Hall–Kier alpha value is -0.690. The van der Waals surface area contributed by atoms with Gasteiger partial charge in [-0.1, -0.05) is 36.4 Å². The first-order valence-corrected chi connectivity index (χ1v) is 3.78. The van der Waals surface area contributed by atoms with Gasteiger partial charge in [0, 0.05) is 0 Å². The molecule has 0 amide bonds. The molecule has 1 aromatic carbocycles. The van der Waals surface area contributed by atoms with Crippen molar-refractivity contribution in [2.45, 2.75) is 6.42 Å². The van der Waals surface area contributed by atoms with Gasteiger partial charge >= 0.3 is 0 Å². The Morgan fingerprint density at radius 3 is 2.50 bits per heavy atom. The van der Waals surface area contributed by atoms with E-state index in [1.54, 1.807) is 5.41 Å². The van der Waals surface area contributed by atoms with Gasteiger partial charge < -0.3 is 0 Å². The molecule has 0 atom stereocenters. The maximum Gasteiger partial charge on any atom is -0.00894 e. The van der Waals surface area contributed by atoms with Crippen LogP contribution in [0.1, 0.15) is 5.56 Å². The van der Waals surface area contributed by atoms with Gasteiger partial charge in [-0.25, -0.2) is 0 Å². The fraction of sp³-hybridized carbons (Fsp3) is 0.111. The molecular weight excluding hydrogens is 140 g/mol. The van der Waals surface area contributed by atoms with Crippen LogP contribution in [0.2, 0.25) is 0 Å². The van der Waals surface area contributed by atoms with Crippen LogP contribution in [0.3, 0.4) is 0 Å². The zero-order valence-corrected chi connectivity index (χ0v) is 6.59. The molecule has 0 unspecified atom stereocenters. The Morgan fingerprint density at radius 2 is 1.90 bits per heavy atom. The fourth-order valence-electron chi connectivity index (χ4n) is 0.803. The third-order valence-electron chi connectivity index (χ3n) is 1.30. The third-order valence-corrected chi connectivity index (χ3v) is 1.51. The predicted octanol–water partition coefficient (Wildman–Crippen LogP) is 2.67. The van der Waals surface area contributed by atoms with Gasteiger partial charge in [0.1, 0.15) is 0 Å². The second-order valence-electron chi connectivity index (χ2n) is 2.07. The number of thiol groups is 1. The van der Waals surface area contributed by atoms with Gasteiger partial charge in [-0.05, 0) is 17.4 Å². The summed E-state index contributed by atoms with van der Waals surface area (Å²) in [6.07, 6.45) is 3.00. The molecule has 0 aliphatic rings. The van der Waals surface area contributed by atoms with Crippen molar-refractivity contribution in [3.8, 4) is 0 Å². The third kappa shape index (κ3) is 2.28. The molecule has 0 bridgehead atoms. The topological polar surface area (TPSA) is 0 Å². The summed E-state index contributed by atoms with van der Waals surface area (Å²) in [6.45, 7) is 0. The quantitative estimate of drug-likeness (QED) is 0.616. The molecule has 10 heavy (non-hydrogen) atoms. The van der Waals surface area contributed by atoms with E-state index in [-0.39, 0.29) is 0 Å². The van der Waals surface area contributed by atoms with Gasteiger partial charge in [0.15, 0.2) is 0 Å². The zero-order chi connectivity index (χ0) is 7.23. The van der Waals surface area contributed by atoms with E-state index in [1.807, 2.05) is 24.3 Å². The Balaban J connectivity index is 2.59. The number of allylic oxidation sites excluding steroid dienone is 1. The molecule has 0 aliphatic heterocycles. The van der Waals surface area contributed by atoms with Crippen molar-refractivity contribution in [2.24, 2.45) is 0 Å². The maximum absolute atomic E-state index is 3.97. The molecule has 0 N–H and O–H groups in total. The van der Waals surface area contributed by atoms with Crippen LogP contribution in [0.15, 0.2) is 41.8 Å². The van der Waals surface area contributed by atoms with Crippen molar-refractivity contribution < 1.29 is 0 Å². The number of benzene rings is 1. The Morgan fingerprint density at radius 1 is 1.20 bits per heavy atom. The molecule has 0 heterocycles. The van der Waals surface area contributed by atoms with Gasteiger partial charge in [0.25, 0.3) is 0 Å². The molecule has 0 radical (unpaired) electrons. The number of hydrogen-bond acceptors (Lipinski definition) is 1. The summed E-state index contributed by atoms with van der Waals surface area (Å²) in [6, 6.07) is 10.3. The lowest BCUT2D eigenvalue weighted by atomic mass is 10.2. The van der Waals surface area contributed by atoms with Crippen molar-refractivity contribution in [1.29, 1.82) is 0 Å². The monoisotopic (exact) mass is 150 g/mol. The van der Waals surface area contributed by atoms with Crippen molar-refractivity contribution >= 4 is 12.6 Å². The average Bonchev–Trinajstić information content (AvgIpc) is 2.03. The molecular formula is C9H10S. The van der Waals surface area contributed by atoms with Crippen molar-refractivity contribution in [3.05, 3.63) is 47.4 Å². The van der Waals surface area contributed by atoms with E-state index < -0.39 is 0 Å². The second kappa shape index (κ2) is 4.18. The first-order chi connectivity index (χ1) is 4.93. The second-order valence-corrected chi connectivity index (χ2v) is 2.37. The van der Waals surface area contributed by atoms with Gasteiger partial charge in [0.05, 0.1) is 0 Å². The maximum atomic E-state index is 3.97. The van der Waals surface area contributed by atoms with Crippen LogP contribution in [-0.4, -0.2) is 0 Å². The summed E-state index contributed by atoms with van der Waals surface area (Å²) in [5.41, 5.74) is 1.33. The Labute approximate surface area is 67.0 Å². The summed E-state index contributed by atoms with van der Waals surface area (Å²) in [5.74, 6) is 0. The van der Waals surface area contributed by atoms with Crippen LogP contribution in [0, 0.1) is 0 Å². The standard InChI is InChI=1S/C9H10S/c10-8-4-7-9-5-2-1-3-6-9/h1-6,8,10H,7H2/b8-4+. The van der Waals surface area contributed by atoms with E-state index in [1.165, 1.54) is 5.56 Å². The summed E-state index contributed by atoms with van der Waals surface area (Å²) < 4.78 is 0. The van der Waals surface area contributed by atoms with E-state index in [9.17, 15) is 0 Å². The van der Waals surface area contributed by atoms with E-state index >= 15 is 0 Å². The Kier molecular flexibility index (Phi) is 3.10. The average molecular weight is 150 g/mol. The van der Waals surface area contributed by atoms with Crippen molar-refractivity contribution in [1.82, 2.24) is 0 Å². The predicted molar refractivity (Wildman–Crippen MR) is 48.3 cm³/mol. The molecule has 0 aromatic heterocycles. The highest BCUT2D eigenvalue weighted by Crippen LogP contribution is 1.99. The van der Waals surface area contributed by atoms with Crippen molar-refractivity contribution in [3.63, 3.8) is 0 Å². The zero-order valence-electron chi connectivity index (χ0n) is 5.70. The van der Waals surface area contributed by atoms with Gasteiger partial charge in [-0.2, -0.15) is 12.6 Å². The van der Waals surface area contributed by atoms with E-state index in [0.717, 1.165) is 6.42 Å². The lowest BCUT2D eigenvalue weighted by Gasteiger charge is -1.91. The molecule has 1 heteroatoms. The van der Waals surface area contributed by atoms with Gasteiger partial charge in [0.2, 0.25) is 0 Å². The van der Waals surface area contributed by atoms with E-state index in [4.69, 9.17) is 0 Å². The highest BCUT2D eigenvalue weighted by atomic mass is 32.1. The smallest absolute Gasteiger partial charge is 0.00894 e. The van der Waals surface area contributed by atoms with Crippen LogP contribution in [0.5, 0.6) is 0 Å². The van der Waals surface area contributed by atoms with Crippen LogP contribution in [0.25, 0.3) is 0 Å².